The normalized spacial score (nSPS) is 10.1. The highest BCUT2D eigenvalue weighted by atomic mass is 16.6. The second-order valence-corrected chi connectivity index (χ2v) is 3.49. The van der Waals surface area contributed by atoms with Crippen LogP contribution in [0.4, 0.5) is 11.5 Å². The van der Waals surface area contributed by atoms with Gasteiger partial charge in [0.25, 0.3) is 5.69 Å². The number of carbonyl (C=O) groups is 1. The second kappa shape index (κ2) is 6.50. The Labute approximate surface area is 103 Å². The molecule has 1 aromatic heterocycles. The molecule has 0 saturated heterocycles. The Morgan fingerprint density at radius 1 is 1.67 bits per heavy atom. The summed E-state index contributed by atoms with van der Waals surface area (Å²) in [4.78, 5) is 24.1. The SMILES string of the molecule is Cc1cc(NCCOCC(=O)O)ncc1[N+](=O)[O-]. The third-order valence-corrected chi connectivity index (χ3v) is 2.06. The van der Waals surface area contributed by atoms with Gasteiger partial charge in [-0.15, -0.1) is 0 Å². The van der Waals surface area contributed by atoms with Gasteiger partial charge in [0.1, 0.15) is 18.6 Å². The van der Waals surface area contributed by atoms with E-state index in [2.05, 4.69) is 10.3 Å². The summed E-state index contributed by atoms with van der Waals surface area (Å²) in [5.74, 6) is -0.545. The Morgan fingerprint density at radius 3 is 2.94 bits per heavy atom. The van der Waals surface area contributed by atoms with Crippen molar-refractivity contribution in [1.29, 1.82) is 0 Å². The lowest BCUT2D eigenvalue weighted by Gasteiger charge is -2.06. The van der Waals surface area contributed by atoms with Crippen LogP contribution in [0.2, 0.25) is 0 Å². The minimum atomic E-state index is -1.03. The van der Waals surface area contributed by atoms with E-state index >= 15 is 0 Å². The standard InChI is InChI=1S/C10H13N3O5/c1-7-4-9(12-5-8(7)13(16)17)11-2-3-18-6-10(14)15/h4-5H,2-3,6H2,1H3,(H,11,12)(H,14,15). The first-order valence-corrected chi connectivity index (χ1v) is 5.15. The van der Waals surface area contributed by atoms with Crippen molar-refractivity contribution in [3.05, 3.63) is 27.9 Å². The largest absolute Gasteiger partial charge is 0.480 e. The summed E-state index contributed by atoms with van der Waals surface area (Å²) in [5, 5.41) is 21.8. The molecule has 2 N–H and O–H groups in total. The minimum Gasteiger partial charge on any atom is -0.480 e. The lowest BCUT2D eigenvalue weighted by Crippen LogP contribution is -2.14. The van der Waals surface area contributed by atoms with Crippen molar-refractivity contribution in [2.45, 2.75) is 6.92 Å². The van der Waals surface area contributed by atoms with Crippen LogP contribution in [0.3, 0.4) is 0 Å². The van der Waals surface area contributed by atoms with Crippen molar-refractivity contribution in [3.8, 4) is 0 Å². The molecule has 0 aliphatic carbocycles. The van der Waals surface area contributed by atoms with E-state index in [-0.39, 0.29) is 18.9 Å². The van der Waals surface area contributed by atoms with E-state index in [4.69, 9.17) is 9.84 Å². The monoisotopic (exact) mass is 255 g/mol. The molecule has 0 unspecified atom stereocenters. The molecule has 0 aliphatic heterocycles. The number of anilines is 1. The van der Waals surface area contributed by atoms with E-state index in [1.807, 2.05) is 0 Å². The van der Waals surface area contributed by atoms with Crippen molar-refractivity contribution in [3.63, 3.8) is 0 Å². The molecule has 18 heavy (non-hydrogen) atoms. The number of pyridine rings is 1. The van der Waals surface area contributed by atoms with Gasteiger partial charge in [0.15, 0.2) is 0 Å². The topological polar surface area (TPSA) is 115 Å². The summed E-state index contributed by atoms with van der Waals surface area (Å²) >= 11 is 0. The number of aromatic nitrogens is 1. The van der Waals surface area contributed by atoms with E-state index < -0.39 is 10.9 Å². The van der Waals surface area contributed by atoms with Gasteiger partial charge in [-0.1, -0.05) is 0 Å². The first-order chi connectivity index (χ1) is 8.50. The molecule has 0 bridgehead atoms. The summed E-state index contributed by atoms with van der Waals surface area (Å²) in [6.45, 7) is 1.85. The number of carboxylic acids is 1. The van der Waals surface area contributed by atoms with E-state index in [9.17, 15) is 14.9 Å². The van der Waals surface area contributed by atoms with Crippen LogP contribution in [-0.4, -0.2) is 40.7 Å². The van der Waals surface area contributed by atoms with Gasteiger partial charge < -0.3 is 15.2 Å². The molecule has 98 valence electrons. The zero-order valence-corrected chi connectivity index (χ0v) is 9.75. The first kappa shape index (κ1) is 13.8. The van der Waals surface area contributed by atoms with Crippen LogP contribution in [0, 0.1) is 17.0 Å². The van der Waals surface area contributed by atoms with Gasteiger partial charge in [-0.3, -0.25) is 10.1 Å². The zero-order valence-electron chi connectivity index (χ0n) is 9.75. The van der Waals surface area contributed by atoms with Gasteiger partial charge in [0.05, 0.1) is 11.5 Å². The predicted octanol–water partition coefficient (Wildman–Crippen LogP) is 0.811. The quantitative estimate of drug-likeness (QED) is 0.421. The maximum absolute atomic E-state index is 10.6. The van der Waals surface area contributed by atoms with E-state index in [0.717, 1.165) is 0 Å². The Kier molecular flexibility index (Phi) is 5.00. The number of carboxylic acid groups (broad SMARTS) is 1. The van der Waals surface area contributed by atoms with Gasteiger partial charge in [-0.2, -0.15) is 0 Å². The van der Waals surface area contributed by atoms with E-state index in [1.165, 1.54) is 6.20 Å². The number of aryl methyl sites for hydroxylation is 1. The molecule has 0 atom stereocenters. The van der Waals surface area contributed by atoms with Crippen LogP contribution < -0.4 is 5.32 Å². The molecule has 8 heteroatoms. The van der Waals surface area contributed by atoms with Crippen LogP contribution in [0.5, 0.6) is 0 Å². The summed E-state index contributed by atoms with van der Waals surface area (Å²) in [5.41, 5.74) is 0.464. The van der Waals surface area contributed by atoms with Gasteiger partial charge >= 0.3 is 5.97 Å². The van der Waals surface area contributed by atoms with Crippen molar-refractivity contribution < 1.29 is 19.6 Å². The molecule has 0 aliphatic rings. The molecule has 0 aromatic carbocycles. The van der Waals surface area contributed by atoms with Gasteiger partial charge in [0, 0.05) is 12.1 Å². The number of ether oxygens (including phenoxy) is 1. The van der Waals surface area contributed by atoms with Gasteiger partial charge in [-0.25, -0.2) is 9.78 Å². The maximum Gasteiger partial charge on any atom is 0.329 e. The van der Waals surface area contributed by atoms with Gasteiger partial charge in [0.2, 0.25) is 0 Å². The lowest BCUT2D eigenvalue weighted by molar-refractivity contribution is -0.385. The summed E-state index contributed by atoms with van der Waals surface area (Å²) in [7, 11) is 0. The van der Waals surface area contributed by atoms with Crippen LogP contribution in [0.1, 0.15) is 5.56 Å². The average Bonchev–Trinajstić information content (AvgIpc) is 2.27. The van der Waals surface area contributed by atoms with E-state index in [0.29, 0.717) is 17.9 Å². The lowest BCUT2D eigenvalue weighted by atomic mass is 10.2. The number of rotatable bonds is 7. The third kappa shape index (κ3) is 4.34. The number of hydrogen-bond donors (Lipinski definition) is 2. The molecule has 1 rings (SSSR count). The summed E-state index contributed by atoms with van der Waals surface area (Å²) in [6, 6.07) is 1.55. The van der Waals surface area contributed by atoms with Crippen LogP contribution in [-0.2, 0) is 9.53 Å². The fourth-order valence-electron chi connectivity index (χ4n) is 1.25. The molecular formula is C10H13N3O5. The molecule has 1 heterocycles. The second-order valence-electron chi connectivity index (χ2n) is 3.49. The predicted molar refractivity (Wildman–Crippen MR) is 62.6 cm³/mol. The van der Waals surface area contributed by atoms with Crippen molar-refractivity contribution in [2.24, 2.45) is 0 Å². The smallest absolute Gasteiger partial charge is 0.329 e. The van der Waals surface area contributed by atoms with Crippen molar-refractivity contribution in [1.82, 2.24) is 4.98 Å². The molecule has 0 spiro atoms. The van der Waals surface area contributed by atoms with Crippen LogP contribution >= 0.6 is 0 Å². The average molecular weight is 255 g/mol. The molecule has 0 fully saturated rings. The molecule has 0 radical (unpaired) electrons. The minimum absolute atomic E-state index is 0.0392. The Morgan fingerprint density at radius 2 is 2.39 bits per heavy atom. The van der Waals surface area contributed by atoms with Crippen LogP contribution in [0.25, 0.3) is 0 Å². The fourth-order valence-corrected chi connectivity index (χ4v) is 1.25. The molecular weight excluding hydrogens is 242 g/mol. The number of hydrogen-bond acceptors (Lipinski definition) is 6. The van der Waals surface area contributed by atoms with E-state index in [1.54, 1.807) is 13.0 Å². The van der Waals surface area contributed by atoms with Gasteiger partial charge in [-0.05, 0) is 13.0 Å². The highest BCUT2D eigenvalue weighted by molar-refractivity contribution is 5.67. The summed E-state index contributed by atoms with van der Waals surface area (Å²) < 4.78 is 4.81. The van der Waals surface area contributed by atoms with Crippen molar-refractivity contribution in [2.75, 3.05) is 25.1 Å². The van der Waals surface area contributed by atoms with Crippen molar-refractivity contribution >= 4 is 17.5 Å². The number of nitrogens with one attached hydrogen (secondary N) is 1. The Balaban J connectivity index is 2.42. The highest BCUT2D eigenvalue weighted by Gasteiger charge is 2.10. The third-order valence-electron chi connectivity index (χ3n) is 2.06. The molecule has 1 aromatic rings. The Hall–Kier alpha value is -2.22. The maximum atomic E-state index is 10.6. The Bertz CT molecular complexity index is 449. The summed E-state index contributed by atoms with van der Waals surface area (Å²) in [6.07, 6.45) is 1.18. The molecule has 0 saturated carbocycles. The number of aliphatic carboxylic acids is 1. The fraction of sp³-hybridized carbons (Fsp3) is 0.400. The highest BCUT2D eigenvalue weighted by Crippen LogP contribution is 2.18. The molecule has 0 amide bonds. The first-order valence-electron chi connectivity index (χ1n) is 5.15. The van der Waals surface area contributed by atoms with Crippen LogP contribution in [0.15, 0.2) is 12.3 Å². The molecule has 8 nitrogen and oxygen atoms in total. The number of nitrogens with zero attached hydrogens (tertiary/aromatic N) is 2. The zero-order chi connectivity index (χ0) is 13.5. The number of nitro groups is 1.